The molecule has 0 aliphatic carbocycles. The Kier molecular flexibility index (Phi) is 8.60. The van der Waals surface area contributed by atoms with Crippen molar-refractivity contribution in [3.63, 3.8) is 0 Å². The molecule has 1 aromatic heterocycles. The lowest BCUT2D eigenvalue weighted by Gasteiger charge is -2.06. The van der Waals surface area contributed by atoms with E-state index in [0.717, 1.165) is 11.8 Å². The van der Waals surface area contributed by atoms with E-state index in [0.29, 0.717) is 32.9 Å². The topological polar surface area (TPSA) is 108 Å². The summed E-state index contributed by atoms with van der Waals surface area (Å²) in [6.45, 7) is 0.0216. The molecule has 1 amide bonds. The molecule has 168 valence electrons. The highest BCUT2D eigenvalue weighted by atomic mass is 35.5. The molecule has 1 N–H and O–H groups in total. The van der Waals surface area contributed by atoms with Crippen molar-refractivity contribution in [2.75, 3.05) is 20.0 Å². The van der Waals surface area contributed by atoms with Crippen molar-refractivity contribution in [1.29, 1.82) is 0 Å². The summed E-state index contributed by atoms with van der Waals surface area (Å²) < 4.78 is 21.4. The minimum Gasteiger partial charge on any atom is -0.497 e. The number of rotatable bonds is 10. The van der Waals surface area contributed by atoms with Crippen LogP contribution in [-0.2, 0) is 11.4 Å². The van der Waals surface area contributed by atoms with E-state index in [4.69, 9.17) is 41.8 Å². The Balaban J connectivity index is 1.46. The molecule has 0 saturated heterocycles. The van der Waals surface area contributed by atoms with Gasteiger partial charge in [0.25, 0.3) is 17.0 Å². The van der Waals surface area contributed by atoms with Crippen molar-refractivity contribution >= 4 is 47.1 Å². The number of nitrogens with one attached hydrogen (secondary N) is 1. The monoisotopic (exact) mass is 496 g/mol. The third-order valence-electron chi connectivity index (χ3n) is 3.85. The lowest BCUT2D eigenvalue weighted by atomic mass is 10.2. The van der Waals surface area contributed by atoms with Crippen molar-refractivity contribution < 1.29 is 23.4 Å². The Morgan fingerprint density at radius 3 is 2.72 bits per heavy atom. The molecule has 0 spiro atoms. The number of carbonyl (C=O) groups excluding carboxylic acids is 1. The van der Waals surface area contributed by atoms with Crippen molar-refractivity contribution in [1.82, 2.24) is 15.6 Å². The highest BCUT2D eigenvalue weighted by molar-refractivity contribution is 7.99. The van der Waals surface area contributed by atoms with E-state index in [-0.39, 0.29) is 29.4 Å². The first-order chi connectivity index (χ1) is 15.5. The second kappa shape index (κ2) is 11.6. The van der Waals surface area contributed by atoms with Crippen molar-refractivity contribution in [2.45, 2.75) is 11.8 Å². The maximum absolute atomic E-state index is 12.0. The molecule has 0 unspecified atom stereocenters. The Morgan fingerprint density at radius 2 is 1.97 bits per heavy atom. The van der Waals surface area contributed by atoms with Crippen molar-refractivity contribution in [3.8, 4) is 17.2 Å². The molecular weight excluding hydrogens is 479 g/mol. The number of amides is 1. The molecule has 3 rings (SSSR count). The van der Waals surface area contributed by atoms with Crippen LogP contribution in [0.25, 0.3) is 0 Å². The molecule has 0 radical (unpaired) electrons. The second-order valence-electron chi connectivity index (χ2n) is 6.01. The number of benzene rings is 2. The predicted molar refractivity (Wildman–Crippen MR) is 121 cm³/mol. The fourth-order valence-corrected chi connectivity index (χ4v) is 3.40. The number of thioether (sulfide) groups is 1. The average Bonchev–Trinajstić information content (AvgIpc) is 3.25. The Bertz CT molecular complexity index is 1110. The van der Waals surface area contributed by atoms with Crippen molar-refractivity contribution in [3.05, 3.63) is 57.9 Å². The molecule has 3 aromatic rings. The summed E-state index contributed by atoms with van der Waals surface area (Å²) in [6.07, 6.45) is 1.47. The summed E-state index contributed by atoms with van der Waals surface area (Å²) in [7, 11) is 3.10. The molecule has 32 heavy (non-hydrogen) atoms. The first-order valence-electron chi connectivity index (χ1n) is 9.05. The molecule has 12 heteroatoms. The molecule has 2 aromatic carbocycles. The molecule has 0 aliphatic heterocycles. The van der Waals surface area contributed by atoms with E-state index >= 15 is 0 Å². The van der Waals surface area contributed by atoms with Gasteiger partial charge in [-0.3, -0.25) is 4.79 Å². The van der Waals surface area contributed by atoms with Gasteiger partial charge in [0.1, 0.15) is 17.2 Å². The number of halogens is 2. The maximum atomic E-state index is 12.0. The molecular formula is C20H18Cl2N4O5S. The number of carbonyl (C=O) groups is 1. The zero-order valence-electron chi connectivity index (χ0n) is 17.0. The van der Waals surface area contributed by atoms with E-state index < -0.39 is 0 Å². The van der Waals surface area contributed by atoms with Gasteiger partial charge < -0.3 is 18.6 Å². The molecule has 0 fully saturated rings. The third-order valence-corrected chi connectivity index (χ3v) is 5.20. The lowest BCUT2D eigenvalue weighted by molar-refractivity contribution is -0.118. The third kappa shape index (κ3) is 6.78. The van der Waals surface area contributed by atoms with Gasteiger partial charge in [-0.25, -0.2) is 5.43 Å². The van der Waals surface area contributed by atoms with Crippen molar-refractivity contribution in [2.24, 2.45) is 5.10 Å². The molecule has 1 heterocycles. The maximum Gasteiger partial charge on any atom is 0.277 e. The van der Waals surface area contributed by atoms with Crippen LogP contribution in [0.2, 0.25) is 10.0 Å². The van der Waals surface area contributed by atoms with Gasteiger partial charge in [0, 0.05) is 10.6 Å². The quantitative estimate of drug-likeness (QED) is 0.252. The Morgan fingerprint density at radius 1 is 1.16 bits per heavy atom. The van der Waals surface area contributed by atoms with Crippen LogP contribution in [0.3, 0.4) is 0 Å². The minimum atomic E-state index is -0.350. The number of hydrogen-bond donors (Lipinski definition) is 1. The van der Waals surface area contributed by atoms with Gasteiger partial charge in [0.2, 0.25) is 0 Å². The van der Waals surface area contributed by atoms with Crippen LogP contribution in [0.5, 0.6) is 17.2 Å². The predicted octanol–water partition coefficient (Wildman–Crippen LogP) is 4.22. The summed E-state index contributed by atoms with van der Waals surface area (Å²) in [5, 5.41) is 12.8. The Hall–Kier alpha value is -2.95. The molecule has 0 atom stereocenters. The van der Waals surface area contributed by atoms with Gasteiger partial charge in [0.15, 0.2) is 6.61 Å². The van der Waals surface area contributed by atoms with Crippen LogP contribution in [0.1, 0.15) is 11.5 Å². The van der Waals surface area contributed by atoms with Crippen LogP contribution in [0.15, 0.2) is 51.1 Å². The summed E-state index contributed by atoms with van der Waals surface area (Å²) in [5.74, 6) is 1.59. The highest BCUT2D eigenvalue weighted by Gasteiger charge is 2.11. The van der Waals surface area contributed by atoms with Crippen LogP contribution in [0, 0.1) is 0 Å². The number of methoxy groups -OCH3 is 2. The summed E-state index contributed by atoms with van der Waals surface area (Å²) in [5.41, 5.74) is 3.08. The van der Waals surface area contributed by atoms with Crippen LogP contribution in [-0.4, -0.2) is 42.3 Å². The van der Waals surface area contributed by atoms with Crippen LogP contribution in [0.4, 0.5) is 0 Å². The number of hydrogen-bond acceptors (Lipinski definition) is 9. The van der Waals surface area contributed by atoms with E-state index in [9.17, 15) is 4.79 Å². The standard InChI is InChI=1S/C20H18Cl2N4O5S/c1-28-14-4-6-16(29-2)12(7-14)9-23-24-18(27)11-32-20-26-25-19(31-20)10-30-17-5-3-13(21)8-15(17)22/h3-9H,10-11H2,1-2H3,(H,24,27)/b23-9-. The number of hydrazone groups is 1. The Labute approximate surface area is 198 Å². The molecule has 0 aliphatic rings. The lowest BCUT2D eigenvalue weighted by Crippen LogP contribution is -2.19. The van der Waals surface area contributed by atoms with Gasteiger partial charge in [-0.15, -0.1) is 10.2 Å². The van der Waals surface area contributed by atoms with E-state index in [1.807, 2.05) is 0 Å². The first kappa shape index (κ1) is 23.7. The van der Waals surface area contributed by atoms with Gasteiger partial charge in [0.05, 0.1) is 31.2 Å². The summed E-state index contributed by atoms with van der Waals surface area (Å²) in [6, 6.07) is 10.1. The number of ether oxygens (including phenoxy) is 3. The minimum absolute atomic E-state index is 0.0216. The largest absolute Gasteiger partial charge is 0.497 e. The fourth-order valence-electron chi connectivity index (χ4n) is 2.36. The van der Waals surface area contributed by atoms with Crippen LogP contribution >= 0.6 is 35.0 Å². The zero-order chi connectivity index (χ0) is 22.9. The number of aromatic nitrogens is 2. The zero-order valence-corrected chi connectivity index (χ0v) is 19.3. The van der Waals surface area contributed by atoms with Crippen LogP contribution < -0.4 is 19.6 Å². The van der Waals surface area contributed by atoms with E-state index in [1.54, 1.807) is 50.6 Å². The highest BCUT2D eigenvalue weighted by Crippen LogP contribution is 2.28. The van der Waals surface area contributed by atoms with E-state index in [2.05, 4.69) is 20.7 Å². The average molecular weight is 497 g/mol. The van der Waals surface area contributed by atoms with Gasteiger partial charge in [-0.05, 0) is 36.4 Å². The summed E-state index contributed by atoms with van der Waals surface area (Å²) in [4.78, 5) is 12.0. The van der Waals surface area contributed by atoms with Gasteiger partial charge in [-0.1, -0.05) is 35.0 Å². The normalized spacial score (nSPS) is 10.9. The second-order valence-corrected chi connectivity index (χ2v) is 7.79. The SMILES string of the molecule is COc1ccc(OC)c(/C=N\NC(=O)CSc2nnc(COc3ccc(Cl)cc3Cl)o2)c1. The fraction of sp³-hybridized carbons (Fsp3) is 0.200. The number of nitrogens with zero attached hydrogens (tertiary/aromatic N) is 3. The summed E-state index contributed by atoms with van der Waals surface area (Å²) >= 11 is 13.0. The van der Waals surface area contributed by atoms with E-state index in [1.165, 1.54) is 6.21 Å². The smallest absolute Gasteiger partial charge is 0.277 e. The molecule has 0 saturated carbocycles. The molecule has 9 nitrogen and oxygen atoms in total. The van der Waals surface area contributed by atoms with Gasteiger partial charge >= 0.3 is 0 Å². The molecule has 0 bridgehead atoms. The van der Waals surface area contributed by atoms with Gasteiger partial charge in [-0.2, -0.15) is 5.10 Å². The first-order valence-corrected chi connectivity index (χ1v) is 10.8.